The Hall–Kier alpha value is -3.85. The molecule has 0 N–H and O–H groups in total. The molecule has 0 spiro atoms. The summed E-state index contributed by atoms with van der Waals surface area (Å²) < 4.78 is 13.0. The van der Waals surface area contributed by atoms with Crippen molar-refractivity contribution in [3.8, 4) is 11.5 Å². The first-order chi connectivity index (χ1) is 18.4. The van der Waals surface area contributed by atoms with Crippen LogP contribution in [0, 0.1) is 13.8 Å². The topological polar surface area (TPSA) is 80.1 Å². The molecule has 2 aliphatic rings. The Morgan fingerprint density at radius 3 is 2.39 bits per heavy atom. The fourth-order valence-electron chi connectivity index (χ4n) is 5.37. The minimum Gasteiger partial charge on any atom is -0.493 e. The van der Waals surface area contributed by atoms with Gasteiger partial charge in [0.25, 0.3) is 11.8 Å². The van der Waals surface area contributed by atoms with E-state index in [-0.39, 0.29) is 11.8 Å². The molecule has 0 radical (unpaired) electrons. The molecule has 0 bridgehead atoms. The molecule has 3 heterocycles. The van der Waals surface area contributed by atoms with E-state index < -0.39 is 0 Å². The molecule has 200 valence electrons. The van der Waals surface area contributed by atoms with Gasteiger partial charge < -0.3 is 14.4 Å². The molecule has 9 heteroatoms. The molecule has 5 rings (SSSR count). The quantitative estimate of drug-likeness (QED) is 0.402. The molecule has 2 aromatic carbocycles. The van der Waals surface area contributed by atoms with Crippen LogP contribution in [0.4, 0.5) is 5.69 Å². The molecule has 0 atom stereocenters. The molecular weight excluding hydrogens is 482 g/mol. The molecule has 2 amide bonds. The maximum Gasteiger partial charge on any atom is 0.263 e. The molecule has 9 nitrogen and oxygen atoms in total. The van der Waals surface area contributed by atoms with E-state index in [4.69, 9.17) is 9.47 Å². The van der Waals surface area contributed by atoms with Crippen molar-refractivity contribution in [2.45, 2.75) is 33.9 Å². The normalized spacial score (nSPS) is 15.8. The van der Waals surface area contributed by atoms with Gasteiger partial charge in [0.05, 0.1) is 42.8 Å². The van der Waals surface area contributed by atoms with Gasteiger partial charge in [0.1, 0.15) is 0 Å². The number of rotatable bonds is 9. The lowest BCUT2D eigenvalue weighted by molar-refractivity contribution is 0.0647. The van der Waals surface area contributed by atoms with Crippen molar-refractivity contribution in [3.05, 3.63) is 70.5 Å². The van der Waals surface area contributed by atoms with Crippen molar-refractivity contribution >= 4 is 17.5 Å². The Labute approximate surface area is 223 Å². The number of fused-ring (bicyclic) bond motifs is 1. The van der Waals surface area contributed by atoms with Gasteiger partial charge in [0, 0.05) is 45.0 Å². The average Bonchev–Trinajstić information content (AvgIpc) is 3.37. The second-order valence-electron chi connectivity index (χ2n) is 9.79. The number of anilines is 1. The maximum atomic E-state index is 13.4. The van der Waals surface area contributed by atoms with Gasteiger partial charge in [0.15, 0.2) is 11.5 Å². The van der Waals surface area contributed by atoms with Crippen LogP contribution in [-0.4, -0.2) is 77.8 Å². The highest BCUT2D eigenvalue weighted by Crippen LogP contribution is 2.33. The fraction of sp³-hybridized carbons (Fsp3) is 0.414. The summed E-state index contributed by atoms with van der Waals surface area (Å²) in [7, 11) is 1.65. The molecule has 0 unspecified atom stereocenters. The first-order valence-electron chi connectivity index (χ1n) is 13.2. The Bertz CT molecular complexity index is 1340. The molecular formula is C29H35N5O4. The smallest absolute Gasteiger partial charge is 0.263 e. The van der Waals surface area contributed by atoms with E-state index in [1.807, 2.05) is 55.8 Å². The number of methoxy groups -OCH3 is 1. The Balaban J connectivity index is 1.25. The average molecular weight is 518 g/mol. The number of nitrogens with zero attached hydrogens (tertiary/aromatic N) is 5. The van der Waals surface area contributed by atoms with Gasteiger partial charge >= 0.3 is 0 Å². The minimum atomic E-state index is -0.225. The van der Waals surface area contributed by atoms with Gasteiger partial charge in [-0.2, -0.15) is 5.10 Å². The third-order valence-electron chi connectivity index (χ3n) is 7.26. The van der Waals surface area contributed by atoms with Crippen LogP contribution in [-0.2, 0) is 13.1 Å². The minimum absolute atomic E-state index is 0.216. The van der Waals surface area contributed by atoms with Crippen LogP contribution < -0.4 is 14.4 Å². The number of amides is 2. The van der Waals surface area contributed by atoms with Crippen molar-refractivity contribution in [2.75, 3.05) is 51.3 Å². The van der Waals surface area contributed by atoms with Gasteiger partial charge in [-0.25, -0.2) is 0 Å². The highest BCUT2D eigenvalue weighted by atomic mass is 16.5. The second kappa shape index (κ2) is 10.9. The van der Waals surface area contributed by atoms with Gasteiger partial charge in [-0.3, -0.25) is 24.1 Å². The van der Waals surface area contributed by atoms with E-state index in [2.05, 4.69) is 21.0 Å². The summed E-state index contributed by atoms with van der Waals surface area (Å²) >= 11 is 0. The lowest BCUT2D eigenvalue weighted by Gasteiger charge is -2.36. The van der Waals surface area contributed by atoms with Gasteiger partial charge in [-0.1, -0.05) is 12.1 Å². The lowest BCUT2D eigenvalue weighted by Crippen LogP contribution is -2.46. The van der Waals surface area contributed by atoms with Crippen LogP contribution in [0.2, 0.25) is 0 Å². The molecule has 0 aliphatic carbocycles. The largest absolute Gasteiger partial charge is 0.493 e. The zero-order valence-corrected chi connectivity index (χ0v) is 22.6. The summed E-state index contributed by atoms with van der Waals surface area (Å²) in [5, 5.41) is 4.46. The summed E-state index contributed by atoms with van der Waals surface area (Å²) in [5.74, 6) is 1.06. The van der Waals surface area contributed by atoms with E-state index in [0.29, 0.717) is 30.8 Å². The summed E-state index contributed by atoms with van der Waals surface area (Å²) in [4.78, 5) is 32.6. The van der Waals surface area contributed by atoms with Crippen molar-refractivity contribution in [3.63, 3.8) is 0 Å². The SMILES string of the molecule is CCOc1cc(CN2CCN(c3cccc4c3C(=O)N(CCn3nc(C)cc3C)C4=O)CC2)ccc1OC. The predicted octanol–water partition coefficient (Wildman–Crippen LogP) is 3.53. The number of ether oxygens (including phenoxy) is 2. The Morgan fingerprint density at radius 1 is 0.921 bits per heavy atom. The number of hydrogen-bond acceptors (Lipinski definition) is 7. The molecule has 38 heavy (non-hydrogen) atoms. The fourth-order valence-corrected chi connectivity index (χ4v) is 5.37. The van der Waals surface area contributed by atoms with Gasteiger partial charge in [-0.15, -0.1) is 0 Å². The second-order valence-corrected chi connectivity index (χ2v) is 9.79. The number of hydrogen-bond donors (Lipinski definition) is 0. The molecule has 1 fully saturated rings. The van der Waals surface area contributed by atoms with Crippen LogP contribution in [0.25, 0.3) is 0 Å². The van der Waals surface area contributed by atoms with E-state index in [1.165, 1.54) is 10.5 Å². The lowest BCUT2D eigenvalue weighted by atomic mass is 10.1. The number of benzene rings is 2. The van der Waals surface area contributed by atoms with E-state index >= 15 is 0 Å². The molecule has 1 aromatic heterocycles. The number of piperazine rings is 1. The predicted molar refractivity (Wildman–Crippen MR) is 145 cm³/mol. The van der Waals surface area contributed by atoms with Crippen molar-refractivity contribution in [2.24, 2.45) is 0 Å². The van der Waals surface area contributed by atoms with Crippen LogP contribution >= 0.6 is 0 Å². The maximum absolute atomic E-state index is 13.4. The summed E-state index contributed by atoms with van der Waals surface area (Å²) in [6, 6.07) is 13.7. The van der Waals surface area contributed by atoms with Gasteiger partial charge in [-0.05, 0) is 56.7 Å². The van der Waals surface area contributed by atoms with Crippen LogP contribution in [0.5, 0.6) is 11.5 Å². The monoisotopic (exact) mass is 517 g/mol. The third-order valence-corrected chi connectivity index (χ3v) is 7.26. The molecule has 0 saturated carbocycles. The number of aryl methyl sites for hydroxylation is 2. The Kier molecular flexibility index (Phi) is 7.37. The van der Waals surface area contributed by atoms with Crippen LogP contribution in [0.15, 0.2) is 42.5 Å². The van der Waals surface area contributed by atoms with Crippen LogP contribution in [0.3, 0.4) is 0 Å². The van der Waals surface area contributed by atoms with Crippen molar-refractivity contribution in [1.82, 2.24) is 19.6 Å². The van der Waals surface area contributed by atoms with Crippen molar-refractivity contribution < 1.29 is 19.1 Å². The third kappa shape index (κ3) is 4.98. The number of aromatic nitrogens is 2. The zero-order chi connectivity index (χ0) is 26.8. The van der Waals surface area contributed by atoms with Gasteiger partial charge in [0.2, 0.25) is 0 Å². The zero-order valence-electron chi connectivity index (χ0n) is 22.6. The molecule has 3 aromatic rings. The summed E-state index contributed by atoms with van der Waals surface area (Å²) in [6.45, 7) is 11.3. The molecule has 1 saturated heterocycles. The number of imide groups is 1. The summed E-state index contributed by atoms with van der Waals surface area (Å²) in [6.07, 6.45) is 0. The first kappa shape index (κ1) is 25.8. The standard InChI is InChI=1S/C29H35N5O4/c1-5-38-26-18-22(9-10-25(26)37-4)19-31-11-13-32(14-12-31)24-8-6-7-23-27(24)29(36)33(28(23)35)15-16-34-21(3)17-20(2)30-34/h6-10,17-18H,5,11-16,19H2,1-4H3. The first-order valence-corrected chi connectivity index (χ1v) is 13.2. The van der Waals surface area contributed by atoms with E-state index in [9.17, 15) is 9.59 Å². The highest BCUT2D eigenvalue weighted by molar-refractivity contribution is 6.23. The highest BCUT2D eigenvalue weighted by Gasteiger charge is 2.38. The van der Waals surface area contributed by atoms with Crippen LogP contribution in [0.1, 0.15) is 44.6 Å². The van der Waals surface area contributed by atoms with Crippen molar-refractivity contribution in [1.29, 1.82) is 0 Å². The number of carbonyl (C=O) groups is 2. The van der Waals surface area contributed by atoms with E-state index in [1.54, 1.807) is 13.2 Å². The molecule has 2 aliphatic heterocycles. The summed E-state index contributed by atoms with van der Waals surface area (Å²) in [5.41, 5.74) is 4.97. The Morgan fingerprint density at radius 2 is 1.71 bits per heavy atom. The number of carbonyl (C=O) groups excluding carboxylic acids is 2. The van der Waals surface area contributed by atoms with E-state index in [0.717, 1.165) is 61.3 Å².